The van der Waals surface area contributed by atoms with Crippen molar-refractivity contribution in [3.8, 4) is 5.75 Å². The molecule has 0 radical (unpaired) electrons. The van der Waals surface area contributed by atoms with Gasteiger partial charge in [0.05, 0.1) is 22.7 Å². The average Bonchev–Trinajstić information content (AvgIpc) is 2.96. The van der Waals surface area contributed by atoms with Gasteiger partial charge >= 0.3 is 0 Å². The van der Waals surface area contributed by atoms with Gasteiger partial charge in [-0.1, -0.05) is 79.9 Å². The molecule has 10 heteroatoms. The molecule has 0 spiro atoms. The fourth-order valence-corrected chi connectivity index (χ4v) is 6.17. The number of nitrogens with zero attached hydrogens (tertiary/aromatic N) is 2. The van der Waals surface area contributed by atoms with Gasteiger partial charge in [0.25, 0.3) is 10.0 Å². The van der Waals surface area contributed by atoms with Crippen LogP contribution in [0.15, 0.2) is 77.7 Å². The molecule has 2 amide bonds. The lowest BCUT2D eigenvalue weighted by atomic mass is 10.1. The van der Waals surface area contributed by atoms with Gasteiger partial charge in [-0.25, -0.2) is 8.42 Å². The van der Waals surface area contributed by atoms with Gasteiger partial charge in [-0.15, -0.1) is 0 Å². The van der Waals surface area contributed by atoms with E-state index in [1.807, 2.05) is 45.0 Å². The van der Waals surface area contributed by atoms with Crippen molar-refractivity contribution in [2.45, 2.75) is 57.5 Å². The van der Waals surface area contributed by atoms with Crippen molar-refractivity contribution in [1.82, 2.24) is 10.2 Å². The van der Waals surface area contributed by atoms with Crippen molar-refractivity contribution in [2.75, 3.05) is 24.5 Å². The number of sulfonamides is 1. The molecule has 3 aromatic carbocycles. The molecule has 0 aromatic heterocycles. The topological polar surface area (TPSA) is 96.0 Å². The van der Waals surface area contributed by atoms with Crippen LogP contribution in [0, 0.1) is 6.92 Å². The smallest absolute Gasteiger partial charge is 0.264 e. The molecule has 3 aromatic rings. The number of hydrogen-bond acceptors (Lipinski definition) is 5. The van der Waals surface area contributed by atoms with Crippen LogP contribution in [-0.4, -0.2) is 51.4 Å². The Labute approximate surface area is 248 Å². The van der Waals surface area contributed by atoms with Gasteiger partial charge in [0.2, 0.25) is 11.8 Å². The molecule has 0 bridgehead atoms. The highest BCUT2D eigenvalue weighted by atomic mass is 35.5. The number of halogens is 1. The summed E-state index contributed by atoms with van der Waals surface area (Å²) in [5.74, 6) is -0.419. The zero-order valence-corrected chi connectivity index (χ0v) is 25.5. The Bertz CT molecular complexity index is 1430. The number of aryl methyl sites for hydroxylation is 1. The molecular weight excluding hydrogens is 562 g/mol. The van der Waals surface area contributed by atoms with Gasteiger partial charge in [0.1, 0.15) is 18.3 Å². The third-order valence-electron chi connectivity index (χ3n) is 6.68. The predicted molar refractivity (Wildman–Crippen MR) is 163 cm³/mol. The lowest BCUT2D eigenvalue weighted by Gasteiger charge is -2.33. The third-order valence-corrected chi connectivity index (χ3v) is 8.77. The molecule has 0 unspecified atom stereocenters. The molecule has 0 aliphatic carbocycles. The Morgan fingerprint density at radius 2 is 1.73 bits per heavy atom. The molecule has 1 atom stereocenters. The molecule has 0 heterocycles. The SMILES string of the molecule is CCCCNC(=O)[C@@H](CC)N(Cc1cccc(C)c1)C(=O)CN(c1ccc(OC)c(Cl)c1)S(=O)(=O)c1ccccc1. The van der Waals surface area contributed by atoms with Gasteiger partial charge in [0, 0.05) is 13.1 Å². The Morgan fingerprint density at radius 1 is 1.00 bits per heavy atom. The van der Waals surface area contributed by atoms with Crippen LogP contribution in [0.1, 0.15) is 44.2 Å². The number of anilines is 1. The summed E-state index contributed by atoms with van der Waals surface area (Å²) in [6.45, 7) is 5.92. The fraction of sp³-hybridized carbons (Fsp3) is 0.355. The Morgan fingerprint density at radius 3 is 2.34 bits per heavy atom. The monoisotopic (exact) mass is 599 g/mol. The summed E-state index contributed by atoms with van der Waals surface area (Å²) < 4.78 is 34.1. The molecule has 41 heavy (non-hydrogen) atoms. The quantitative estimate of drug-likeness (QED) is 0.244. The zero-order valence-electron chi connectivity index (χ0n) is 24.0. The van der Waals surface area contributed by atoms with Crippen LogP contribution in [0.5, 0.6) is 5.75 Å². The number of carbonyl (C=O) groups excluding carboxylic acids is 2. The summed E-state index contributed by atoms with van der Waals surface area (Å²) in [7, 11) is -2.72. The summed E-state index contributed by atoms with van der Waals surface area (Å²) in [6.07, 6.45) is 2.09. The summed E-state index contributed by atoms with van der Waals surface area (Å²) in [5.41, 5.74) is 2.04. The molecule has 0 aliphatic rings. The van der Waals surface area contributed by atoms with E-state index in [1.54, 1.807) is 24.3 Å². The molecule has 0 saturated heterocycles. The van der Waals surface area contributed by atoms with Crippen LogP contribution < -0.4 is 14.4 Å². The van der Waals surface area contributed by atoms with Crippen LogP contribution in [0.3, 0.4) is 0 Å². The Kier molecular flexibility index (Phi) is 11.6. The Hall–Kier alpha value is -3.56. The molecule has 0 aliphatic heterocycles. The van der Waals surface area contributed by atoms with Crippen molar-refractivity contribution in [1.29, 1.82) is 0 Å². The van der Waals surface area contributed by atoms with Crippen molar-refractivity contribution >= 4 is 39.1 Å². The van der Waals surface area contributed by atoms with Gasteiger partial charge < -0.3 is 15.0 Å². The highest BCUT2D eigenvalue weighted by molar-refractivity contribution is 7.92. The molecule has 8 nitrogen and oxygen atoms in total. The summed E-state index contributed by atoms with van der Waals surface area (Å²) in [4.78, 5) is 28.9. The largest absolute Gasteiger partial charge is 0.495 e. The van der Waals surface area contributed by atoms with Crippen molar-refractivity contribution < 1.29 is 22.7 Å². The van der Waals surface area contributed by atoms with E-state index in [0.29, 0.717) is 18.7 Å². The van der Waals surface area contributed by atoms with Crippen LogP contribution in [0.2, 0.25) is 5.02 Å². The summed E-state index contributed by atoms with van der Waals surface area (Å²) in [6, 6.07) is 19.3. The molecular formula is C31H38ClN3O5S. The fourth-order valence-electron chi connectivity index (χ4n) is 4.49. The van der Waals surface area contributed by atoms with Crippen LogP contribution in [0.25, 0.3) is 0 Å². The number of benzene rings is 3. The molecule has 1 N–H and O–H groups in total. The maximum absolute atomic E-state index is 14.1. The minimum absolute atomic E-state index is 0.0225. The second-order valence-corrected chi connectivity index (χ2v) is 12.0. The number of hydrogen-bond donors (Lipinski definition) is 1. The number of amides is 2. The van der Waals surface area contributed by atoms with E-state index in [2.05, 4.69) is 5.32 Å². The van der Waals surface area contributed by atoms with E-state index in [1.165, 1.54) is 36.3 Å². The average molecular weight is 600 g/mol. The minimum atomic E-state index is -4.18. The van der Waals surface area contributed by atoms with E-state index < -0.39 is 28.5 Å². The number of unbranched alkanes of at least 4 members (excludes halogenated alkanes) is 1. The number of nitrogens with one attached hydrogen (secondary N) is 1. The molecule has 0 saturated carbocycles. The zero-order chi connectivity index (χ0) is 30.0. The minimum Gasteiger partial charge on any atom is -0.495 e. The molecule has 0 fully saturated rings. The lowest BCUT2D eigenvalue weighted by molar-refractivity contribution is -0.140. The molecule has 220 valence electrons. The van der Waals surface area contributed by atoms with Gasteiger partial charge in [-0.2, -0.15) is 0 Å². The molecule has 3 rings (SSSR count). The maximum Gasteiger partial charge on any atom is 0.264 e. The first kappa shape index (κ1) is 32.0. The van der Waals surface area contributed by atoms with E-state index in [-0.39, 0.29) is 28.1 Å². The second kappa shape index (κ2) is 14.9. The van der Waals surface area contributed by atoms with Crippen molar-refractivity contribution in [2.24, 2.45) is 0 Å². The van der Waals surface area contributed by atoms with E-state index >= 15 is 0 Å². The summed E-state index contributed by atoms with van der Waals surface area (Å²) in [5, 5.41) is 3.13. The Balaban J connectivity index is 2.06. The first-order chi connectivity index (χ1) is 19.6. The first-order valence-corrected chi connectivity index (χ1v) is 15.5. The van der Waals surface area contributed by atoms with Gasteiger partial charge in [0.15, 0.2) is 0 Å². The first-order valence-electron chi connectivity index (χ1n) is 13.7. The summed E-state index contributed by atoms with van der Waals surface area (Å²) >= 11 is 6.37. The predicted octanol–water partition coefficient (Wildman–Crippen LogP) is 5.58. The third kappa shape index (κ3) is 8.24. The number of ether oxygens (including phenoxy) is 1. The normalized spacial score (nSPS) is 11.9. The van der Waals surface area contributed by atoms with Crippen molar-refractivity contribution in [3.05, 3.63) is 88.9 Å². The number of methoxy groups -OCH3 is 1. The van der Waals surface area contributed by atoms with E-state index in [0.717, 1.165) is 28.3 Å². The van der Waals surface area contributed by atoms with Gasteiger partial charge in [-0.3, -0.25) is 13.9 Å². The van der Waals surface area contributed by atoms with E-state index in [4.69, 9.17) is 16.3 Å². The highest BCUT2D eigenvalue weighted by Crippen LogP contribution is 2.32. The second-order valence-electron chi connectivity index (χ2n) is 9.72. The van der Waals surface area contributed by atoms with Crippen LogP contribution >= 0.6 is 11.6 Å². The standard InChI is InChI=1S/C31H38ClN3O5S/c1-5-7-18-33-31(37)28(6-2)34(21-24-13-11-12-23(3)19-24)30(36)22-35(25-16-17-29(40-4)27(32)20-25)41(38,39)26-14-9-8-10-15-26/h8-17,19-20,28H,5-7,18,21-22H2,1-4H3,(H,33,37)/t28-/m1/s1. The highest BCUT2D eigenvalue weighted by Gasteiger charge is 2.33. The number of carbonyl (C=O) groups is 2. The lowest BCUT2D eigenvalue weighted by Crippen LogP contribution is -2.52. The van der Waals surface area contributed by atoms with Gasteiger partial charge in [-0.05, 0) is 55.7 Å². The van der Waals surface area contributed by atoms with Crippen LogP contribution in [0.4, 0.5) is 5.69 Å². The van der Waals surface area contributed by atoms with E-state index in [9.17, 15) is 18.0 Å². The number of rotatable bonds is 14. The maximum atomic E-state index is 14.1. The van der Waals surface area contributed by atoms with Crippen LogP contribution in [-0.2, 0) is 26.2 Å². The van der Waals surface area contributed by atoms with Crippen molar-refractivity contribution in [3.63, 3.8) is 0 Å².